The Labute approximate surface area is 189 Å². The Hall–Kier alpha value is -2.63. The first-order valence-electron chi connectivity index (χ1n) is 11.2. The van der Waals surface area contributed by atoms with E-state index in [-0.39, 0.29) is 5.91 Å². The zero-order valence-corrected chi connectivity index (χ0v) is 18.7. The van der Waals surface area contributed by atoms with Crippen LogP contribution in [-0.4, -0.2) is 31.6 Å². The van der Waals surface area contributed by atoms with Crippen molar-refractivity contribution in [2.75, 3.05) is 29.9 Å². The molecule has 0 atom stereocenters. The van der Waals surface area contributed by atoms with Gasteiger partial charge in [0.15, 0.2) is 0 Å². The molecule has 0 saturated carbocycles. The Morgan fingerprint density at radius 3 is 2.42 bits per heavy atom. The lowest BCUT2D eigenvalue weighted by molar-refractivity contribution is -0.116. The van der Waals surface area contributed by atoms with Gasteiger partial charge in [0.2, 0.25) is 5.91 Å². The third-order valence-corrected chi connectivity index (χ3v) is 6.82. The van der Waals surface area contributed by atoms with E-state index in [0.29, 0.717) is 12.5 Å². The molecular weight excluding hydrogens is 402 g/mol. The molecular formula is C26H31N3OS. The highest BCUT2D eigenvalue weighted by molar-refractivity contribution is 7.09. The van der Waals surface area contributed by atoms with Gasteiger partial charge in [-0.3, -0.25) is 4.79 Å². The van der Waals surface area contributed by atoms with Gasteiger partial charge in [-0.05, 0) is 67.0 Å². The van der Waals surface area contributed by atoms with E-state index in [1.54, 1.807) is 0 Å². The highest BCUT2D eigenvalue weighted by Crippen LogP contribution is 2.22. The Morgan fingerprint density at radius 2 is 1.71 bits per heavy atom. The van der Waals surface area contributed by atoms with Crippen LogP contribution in [0.3, 0.4) is 0 Å². The van der Waals surface area contributed by atoms with Gasteiger partial charge < -0.3 is 15.5 Å². The van der Waals surface area contributed by atoms with Crippen LogP contribution in [-0.2, 0) is 17.6 Å². The van der Waals surface area contributed by atoms with Crippen molar-refractivity contribution in [3.05, 3.63) is 82.6 Å². The molecule has 2 N–H and O–H groups in total. The molecule has 1 aliphatic rings. The molecule has 1 fully saturated rings. The number of hydrogen-bond donors (Lipinski definition) is 2. The minimum atomic E-state index is 0.0611. The number of anilines is 2. The molecule has 0 unspecified atom stereocenters. The molecule has 4 nitrogen and oxygen atoms in total. The van der Waals surface area contributed by atoms with Gasteiger partial charge in [-0.15, -0.1) is 11.3 Å². The average Bonchev–Trinajstić information content (AvgIpc) is 3.33. The standard InChI is InChI=1S/C26H31N3OS/c30-26(13-8-21-5-2-1-3-6-21)28-23-9-11-24(12-10-23)29-18-15-22(16-19-29)27-17-14-25-7-4-20-31-25/h1-7,9-12,20,22,27H,8,13-19H2,(H,28,30). The molecule has 1 saturated heterocycles. The first kappa shape index (κ1) is 21.6. The van der Waals surface area contributed by atoms with E-state index in [1.807, 2.05) is 41.7 Å². The Morgan fingerprint density at radius 1 is 0.935 bits per heavy atom. The van der Waals surface area contributed by atoms with E-state index in [1.165, 1.54) is 29.0 Å². The van der Waals surface area contributed by atoms with Crippen LogP contribution in [0.1, 0.15) is 29.7 Å². The monoisotopic (exact) mass is 433 g/mol. The van der Waals surface area contributed by atoms with Crippen LogP contribution >= 0.6 is 11.3 Å². The minimum absolute atomic E-state index is 0.0611. The first-order valence-corrected chi connectivity index (χ1v) is 12.1. The van der Waals surface area contributed by atoms with Gasteiger partial charge >= 0.3 is 0 Å². The summed E-state index contributed by atoms with van der Waals surface area (Å²) in [6.45, 7) is 3.20. The summed E-state index contributed by atoms with van der Waals surface area (Å²) < 4.78 is 0. The second-order valence-corrected chi connectivity index (χ2v) is 9.16. The zero-order valence-electron chi connectivity index (χ0n) is 17.9. The minimum Gasteiger partial charge on any atom is -0.371 e. The van der Waals surface area contributed by atoms with Gasteiger partial charge in [0, 0.05) is 48.3 Å². The molecule has 5 heteroatoms. The maximum Gasteiger partial charge on any atom is 0.224 e. The quantitative estimate of drug-likeness (QED) is 0.492. The number of amides is 1. The molecule has 0 radical (unpaired) electrons. The Bertz CT molecular complexity index is 917. The molecule has 162 valence electrons. The lowest BCUT2D eigenvalue weighted by atomic mass is 10.0. The summed E-state index contributed by atoms with van der Waals surface area (Å²) in [5.41, 5.74) is 3.30. The Kier molecular flexibility index (Phi) is 7.75. The molecule has 4 rings (SSSR count). The van der Waals surface area contributed by atoms with E-state index < -0.39 is 0 Å². The lowest BCUT2D eigenvalue weighted by Crippen LogP contribution is -2.43. The van der Waals surface area contributed by atoms with Crippen molar-refractivity contribution in [1.29, 1.82) is 0 Å². The van der Waals surface area contributed by atoms with Crippen LogP contribution in [0.5, 0.6) is 0 Å². The average molecular weight is 434 g/mol. The summed E-state index contributed by atoms with van der Waals surface area (Å²) in [5.74, 6) is 0.0611. The normalized spacial score (nSPS) is 14.5. The van der Waals surface area contributed by atoms with Crippen molar-refractivity contribution in [1.82, 2.24) is 5.32 Å². The number of nitrogens with one attached hydrogen (secondary N) is 2. The fourth-order valence-electron chi connectivity index (χ4n) is 4.08. The summed E-state index contributed by atoms with van der Waals surface area (Å²) in [7, 11) is 0. The lowest BCUT2D eigenvalue weighted by Gasteiger charge is -2.34. The second kappa shape index (κ2) is 11.1. The summed E-state index contributed by atoms with van der Waals surface area (Å²) in [5, 5.41) is 8.88. The van der Waals surface area contributed by atoms with Crippen LogP contribution in [0.4, 0.5) is 11.4 Å². The van der Waals surface area contributed by atoms with Crippen molar-refractivity contribution in [2.24, 2.45) is 0 Å². The molecule has 1 amide bonds. The molecule has 31 heavy (non-hydrogen) atoms. The number of thiophene rings is 1. The highest BCUT2D eigenvalue weighted by atomic mass is 32.1. The van der Waals surface area contributed by atoms with Gasteiger partial charge in [-0.25, -0.2) is 0 Å². The predicted molar refractivity (Wildman–Crippen MR) is 131 cm³/mol. The summed E-state index contributed by atoms with van der Waals surface area (Å²) >= 11 is 1.84. The summed E-state index contributed by atoms with van der Waals surface area (Å²) in [6.07, 6.45) is 4.72. The molecule has 1 aromatic heterocycles. The van der Waals surface area contributed by atoms with Crippen LogP contribution in [0.25, 0.3) is 0 Å². The van der Waals surface area contributed by atoms with Crippen LogP contribution in [0, 0.1) is 0 Å². The molecule has 2 heterocycles. The molecule has 0 bridgehead atoms. The van der Waals surface area contributed by atoms with Crippen molar-refractivity contribution in [3.8, 4) is 0 Å². The fourth-order valence-corrected chi connectivity index (χ4v) is 4.79. The van der Waals surface area contributed by atoms with Crippen molar-refractivity contribution in [3.63, 3.8) is 0 Å². The maximum atomic E-state index is 12.2. The van der Waals surface area contributed by atoms with E-state index in [4.69, 9.17) is 0 Å². The van der Waals surface area contributed by atoms with Crippen LogP contribution in [0.2, 0.25) is 0 Å². The SMILES string of the molecule is O=C(CCc1ccccc1)Nc1ccc(N2CCC(NCCc3cccs3)CC2)cc1. The number of rotatable bonds is 9. The fraction of sp³-hybridized carbons (Fsp3) is 0.346. The maximum absolute atomic E-state index is 12.2. The number of nitrogens with zero attached hydrogens (tertiary/aromatic N) is 1. The molecule has 0 spiro atoms. The topological polar surface area (TPSA) is 44.4 Å². The van der Waals surface area contributed by atoms with Crippen LogP contribution < -0.4 is 15.5 Å². The summed E-state index contributed by atoms with van der Waals surface area (Å²) in [6, 6.07) is 23.4. The smallest absolute Gasteiger partial charge is 0.224 e. The number of benzene rings is 2. The Balaban J connectivity index is 1.17. The van der Waals surface area contributed by atoms with Crippen LogP contribution in [0.15, 0.2) is 72.1 Å². The van der Waals surface area contributed by atoms with Gasteiger partial charge in [-0.1, -0.05) is 36.4 Å². The molecule has 2 aromatic carbocycles. The first-order chi connectivity index (χ1) is 15.3. The van der Waals surface area contributed by atoms with Crippen molar-refractivity contribution >= 4 is 28.6 Å². The second-order valence-electron chi connectivity index (χ2n) is 8.13. The summed E-state index contributed by atoms with van der Waals surface area (Å²) in [4.78, 5) is 16.1. The number of piperidine rings is 1. The molecule has 0 aliphatic carbocycles. The number of carbonyl (C=O) groups excluding carboxylic acids is 1. The van der Waals surface area contributed by atoms with Gasteiger partial charge in [0.1, 0.15) is 0 Å². The number of hydrogen-bond acceptors (Lipinski definition) is 4. The third-order valence-electron chi connectivity index (χ3n) is 5.88. The van der Waals surface area contributed by atoms with E-state index in [9.17, 15) is 4.79 Å². The van der Waals surface area contributed by atoms with E-state index in [0.717, 1.165) is 38.2 Å². The van der Waals surface area contributed by atoms with E-state index >= 15 is 0 Å². The highest BCUT2D eigenvalue weighted by Gasteiger charge is 2.19. The van der Waals surface area contributed by atoms with Crippen molar-refractivity contribution in [2.45, 2.75) is 38.1 Å². The van der Waals surface area contributed by atoms with E-state index in [2.05, 4.69) is 57.3 Å². The predicted octanol–water partition coefficient (Wildman–Crippen LogP) is 5.12. The van der Waals surface area contributed by atoms with Gasteiger partial charge in [0.25, 0.3) is 0 Å². The van der Waals surface area contributed by atoms with Crippen molar-refractivity contribution < 1.29 is 4.79 Å². The van der Waals surface area contributed by atoms with Gasteiger partial charge in [-0.2, -0.15) is 0 Å². The number of aryl methyl sites for hydroxylation is 1. The van der Waals surface area contributed by atoms with Gasteiger partial charge in [0.05, 0.1) is 0 Å². The largest absolute Gasteiger partial charge is 0.371 e. The third kappa shape index (κ3) is 6.68. The molecule has 3 aromatic rings. The molecule has 1 aliphatic heterocycles. The number of carbonyl (C=O) groups is 1. The zero-order chi connectivity index (χ0) is 21.3.